The van der Waals surface area contributed by atoms with Gasteiger partial charge in [-0.25, -0.2) is 9.13 Å². The molecular weight excluding hydrogens is 310 g/mol. The lowest BCUT2D eigenvalue weighted by Gasteiger charge is -2.05. The van der Waals surface area contributed by atoms with Gasteiger partial charge in [-0.05, 0) is 24.3 Å². The van der Waals surface area contributed by atoms with E-state index in [2.05, 4.69) is 27.8 Å². The molecule has 0 unspecified atom stereocenters. The average Bonchev–Trinajstić information content (AvgIpc) is 2.82. The second-order valence-corrected chi connectivity index (χ2v) is 5.06. The first-order chi connectivity index (χ1) is 10.8. The first-order valence-electron chi connectivity index (χ1n) is 7.36. The molecule has 3 aromatic rings. The molecule has 0 saturated carbocycles. The minimum atomic E-state index is 0. The SMILES string of the molecule is C=CCn1c(N)[n+](CCOc2ccccc2)c2ccccc21.[Cl-]. The number of fused-ring (bicyclic) bond motifs is 1. The number of anilines is 1. The number of halogens is 1. The third-order valence-corrected chi connectivity index (χ3v) is 3.65. The molecule has 0 fully saturated rings. The fourth-order valence-electron chi connectivity index (χ4n) is 2.64. The number of rotatable bonds is 6. The molecule has 5 heteroatoms. The summed E-state index contributed by atoms with van der Waals surface area (Å²) in [5.41, 5.74) is 8.52. The first kappa shape index (κ1) is 16.9. The van der Waals surface area contributed by atoms with Crippen LogP contribution in [0.3, 0.4) is 0 Å². The van der Waals surface area contributed by atoms with E-state index in [4.69, 9.17) is 10.5 Å². The standard InChI is InChI=1S/C18H19N3O.ClH/c1-2-12-20-16-10-6-7-11-17(16)21(18(20)19)13-14-22-15-8-4-3-5-9-15;/h2-11,19H,1,12-14H2;1H. The highest BCUT2D eigenvalue weighted by Gasteiger charge is 2.19. The van der Waals surface area contributed by atoms with Gasteiger partial charge in [-0.2, -0.15) is 0 Å². The Kier molecular flexibility index (Phi) is 5.66. The van der Waals surface area contributed by atoms with Crippen molar-refractivity contribution in [2.24, 2.45) is 0 Å². The molecule has 23 heavy (non-hydrogen) atoms. The zero-order chi connectivity index (χ0) is 15.4. The molecule has 2 N–H and O–H groups in total. The highest BCUT2D eigenvalue weighted by molar-refractivity contribution is 5.73. The second kappa shape index (κ2) is 7.70. The van der Waals surface area contributed by atoms with Gasteiger partial charge in [0, 0.05) is 0 Å². The van der Waals surface area contributed by atoms with Gasteiger partial charge in [0.1, 0.15) is 29.9 Å². The molecule has 1 aromatic heterocycles. The van der Waals surface area contributed by atoms with Gasteiger partial charge in [-0.1, -0.05) is 43.0 Å². The number of hydrogen-bond donors (Lipinski definition) is 1. The number of hydrogen-bond acceptors (Lipinski definition) is 2. The summed E-state index contributed by atoms with van der Waals surface area (Å²) in [4.78, 5) is 0. The summed E-state index contributed by atoms with van der Waals surface area (Å²) in [7, 11) is 0. The molecule has 0 amide bonds. The van der Waals surface area contributed by atoms with Crippen molar-refractivity contribution in [2.45, 2.75) is 13.1 Å². The minimum absolute atomic E-state index is 0. The first-order valence-corrected chi connectivity index (χ1v) is 7.36. The van der Waals surface area contributed by atoms with E-state index < -0.39 is 0 Å². The molecule has 0 radical (unpaired) electrons. The Bertz CT molecular complexity index is 784. The van der Waals surface area contributed by atoms with Crippen molar-refractivity contribution >= 4 is 17.0 Å². The van der Waals surface area contributed by atoms with E-state index >= 15 is 0 Å². The fraction of sp³-hybridized carbons (Fsp3) is 0.167. The van der Waals surface area contributed by atoms with Crippen LogP contribution in [-0.2, 0) is 13.1 Å². The molecule has 0 aliphatic carbocycles. The summed E-state index contributed by atoms with van der Waals surface area (Å²) < 4.78 is 9.92. The number of aromatic nitrogens is 2. The molecule has 120 valence electrons. The third kappa shape index (κ3) is 3.48. The predicted octanol–water partition coefficient (Wildman–Crippen LogP) is -0.220. The molecule has 3 rings (SSSR count). The van der Waals surface area contributed by atoms with Crippen LogP contribution in [-0.4, -0.2) is 11.2 Å². The summed E-state index contributed by atoms with van der Waals surface area (Å²) in [6, 6.07) is 18.0. The van der Waals surface area contributed by atoms with E-state index in [0.717, 1.165) is 22.7 Å². The molecule has 0 aliphatic heterocycles. The number of nitrogen functional groups attached to an aromatic ring is 1. The van der Waals surface area contributed by atoms with Crippen molar-refractivity contribution in [3.63, 3.8) is 0 Å². The van der Waals surface area contributed by atoms with Gasteiger partial charge in [0.05, 0.1) is 6.54 Å². The van der Waals surface area contributed by atoms with Gasteiger partial charge < -0.3 is 17.1 Å². The van der Waals surface area contributed by atoms with Gasteiger partial charge in [0.2, 0.25) is 0 Å². The normalized spacial score (nSPS) is 10.3. The van der Waals surface area contributed by atoms with Crippen LogP contribution in [0.15, 0.2) is 67.3 Å². The summed E-state index contributed by atoms with van der Waals surface area (Å²) in [5, 5.41) is 0. The van der Waals surface area contributed by atoms with Crippen molar-refractivity contribution in [1.82, 2.24) is 4.57 Å². The van der Waals surface area contributed by atoms with E-state index in [1.807, 2.05) is 48.5 Å². The molecule has 0 aliphatic rings. The summed E-state index contributed by atoms with van der Waals surface area (Å²) in [6.07, 6.45) is 1.85. The second-order valence-electron chi connectivity index (χ2n) is 5.06. The smallest absolute Gasteiger partial charge is 0.356 e. The molecule has 0 spiro atoms. The van der Waals surface area contributed by atoms with Gasteiger partial charge in [0.25, 0.3) is 0 Å². The Balaban J connectivity index is 0.00000192. The van der Waals surface area contributed by atoms with Crippen molar-refractivity contribution in [3.8, 4) is 5.75 Å². The molecule has 0 bridgehead atoms. The Hall–Kier alpha value is -2.46. The minimum Gasteiger partial charge on any atom is -1.00 e. The predicted molar refractivity (Wildman–Crippen MR) is 88.7 cm³/mol. The van der Waals surface area contributed by atoms with Gasteiger partial charge in [-0.15, -0.1) is 0 Å². The van der Waals surface area contributed by atoms with E-state index in [9.17, 15) is 0 Å². The van der Waals surface area contributed by atoms with Crippen LogP contribution in [0.25, 0.3) is 11.0 Å². The molecular formula is C18H20ClN3O. The average molecular weight is 330 g/mol. The Labute approximate surface area is 142 Å². The van der Waals surface area contributed by atoms with Crippen LogP contribution in [0.5, 0.6) is 5.75 Å². The van der Waals surface area contributed by atoms with Gasteiger partial charge in [-0.3, -0.25) is 5.73 Å². The number of nitrogens with two attached hydrogens (primary N) is 1. The highest BCUT2D eigenvalue weighted by atomic mass is 35.5. The van der Waals surface area contributed by atoms with Crippen LogP contribution < -0.4 is 27.4 Å². The van der Waals surface area contributed by atoms with Crippen LogP contribution in [0.2, 0.25) is 0 Å². The molecule has 0 saturated heterocycles. The summed E-state index contributed by atoms with van der Waals surface area (Å²) >= 11 is 0. The number of ether oxygens (including phenoxy) is 1. The van der Waals surface area contributed by atoms with Crippen molar-refractivity contribution in [1.29, 1.82) is 0 Å². The zero-order valence-corrected chi connectivity index (χ0v) is 13.6. The summed E-state index contributed by atoms with van der Waals surface area (Å²) in [6.45, 7) is 5.77. The number of para-hydroxylation sites is 3. The van der Waals surface area contributed by atoms with Crippen LogP contribution in [0.4, 0.5) is 5.95 Å². The monoisotopic (exact) mass is 329 g/mol. The van der Waals surface area contributed by atoms with Crippen molar-refractivity contribution < 1.29 is 21.7 Å². The fourth-order valence-corrected chi connectivity index (χ4v) is 2.64. The largest absolute Gasteiger partial charge is 1.00 e. The number of benzene rings is 2. The lowest BCUT2D eigenvalue weighted by atomic mass is 10.3. The molecule has 2 aromatic carbocycles. The third-order valence-electron chi connectivity index (χ3n) is 3.65. The quantitative estimate of drug-likeness (QED) is 0.502. The van der Waals surface area contributed by atoms with Crippen LogP contribution in [0.1, 0.15) is 0 Å². The van der Waals surface area contributed by atoms with Gasteiger partial charge >= 0.3 is 5.95 Å². The lowest BCUT2D eigenvalue weighted by Crippen LogP contribution is -3.00. The Morgan fingerprint density at radius 1 is 1.09 bits per heavy atom. The maximum absolute atomic E-state index is 6.30. The van der Waals surface area contributed by atoms with Crippen molar-refractivity contribution in [2.75, 3.05) is 12.3 Å². The number of nitrogens with zero attached hydrogens (tertiary/aromatic N) is 2. The topological polar surface area (TPSA) is 44.1 Å². The Morgan fingerprint density at radius 3 is 2.52 bits per heavy atom. The number of allylic oxidation sites excluding steroid dienone is 1. The van der Waals surface area contributed by atoms with Crippen LogP contribution in [0, 0.1) is 0 Å². The van der Waals surface area contributed by atoms with E-state index in [0.29, 0.717) is 19.7 Å². The van der Waals surface area contributed by atoms with E-state index in [-0.39, 0.29) is 12.4 Å². The maximum atomic E-state index is 6.30. The lowest BCUT2D eigenvalue weighted by molar-refractivity contribution is -0.658. The summed E-state index contributed by atoms with van der Waals surface area (Å²) in [5.74, 6) is 1.59. The van der Waals surface area contributed by atoms with E-state index in [1.165, 1.54) is 0 Å². The molecule has 0 atom stereocenters. The zero-order valence-electron chi connectivity index (χ0n) is 12.9. The van der Waals surface area contributed by atoms with Gasteiger partial charge in [0.15, 0.2) is 0 Å². The Morgan fingerprint density at radius 2 is 1.78 bits per heavy atom. The number of imidazole rings is 1. The molecule has 4 nitrogen and oxygen atoms in total. The highest BCUT2D eigenvalue weighted by Crippen LogP contribution is 2.16. The van der Waals surface area contributed by atoms with E-state index in [1.54, 1.807) is 0 Å². The van der Waals surface area contributed by atoms with Crippen molar-refractivity contribution in [3.05, 3.63) is 67.3 Å². The molecule has 1 heterocycles. The maximum Gasteiger partial charge on any atom is 0.356 e. The van der Waals surface area contributed by atoms with Crippen LogP contribution >= 0.6 is 0 Å².